The highest BCUT2D eigenvalue weighted by atomic mass is 19.4. The van der Waals surface area contributed by atoms with Crippen molar-refractivity contribution in [2.24, 2.45) is 0 Å². The molecule has 0 radical (unpaired) electrons. The van der Waals surface area contributed by atoms with Crippen LogP contribution in [0.5, 0.6) is 11.5 Å². The minimum absolute atomic E-state index is 0.115. The summed E-state index contributed by atoms with van der Waals surface area (Å²) >= 11 is 0. The molecule has 2 aliphatic heterocycles. The first kappa shape index (κ1) is 29.0. The quantitative estimate of drug-likeness (QED) is 0.262. The van der Waals surface area contributed by atoms with Gasteiger partial charge in [-0.3, -0.25) is 9.88 Å². The molecule has 0 spiro atoms. The molecule has 1 saturated heterocycles. The van der Waals surface area contributed by atoms with Crippen LogP contribution in [0.2, 0.25) is 0 Å². The van der Waals surface area contributed by atoms with Crippen LogP contribution in [0.3, 0.4) is 0 Å². The molecule has 4 heterocycles. The van der Waals surface area contributed by atoms with Crippen molar-refractivity contribution in [2.75, 3.05) is 44.6 Å². The van der Waals surface area contributed by atoms with Crippen LogP contribution in [-0.4, -0.2) is 70.0 Å². The van der Waals surface area contributed by atoms with Gasteiger partial charge in [-0.25, -0.2) is 4.79 Å². The van der Waals surface area contributed by atoms with Crippen molar-refractivity contribution < 1.29 is 22.7 Å². The van der Waals surface area contributed by atoms with Crippen molar-refractivity contribution in [3.63, 3.8) is 0 Å². The lowest BCUT2D eigenvalue weighted by atomic mass is 9.98. The zero-order valence-corrected chi connectivity index (χ0v) is 24.2. The van der Waals surface area contributed by atoms with E-state index >= 15 is 0 Å². The van der Waals surface area contributed by atoms with Gasteiger partial charge >= 0.3 is 12.2 Å². The summed E-state index contributed by atoms with van der Waals surface area (Å²) in [5.74, 6) is 1.23. The first-order valence-electron chi connectivity index (χ1n) is 14.6. The molecule has 0 aliphatic carbocycles. The maximum atomic E-state index is 14.1. The zero-order chi connectivity index (χ0) is 30.1. The van der Waals surface area contributed by atoms with Crippen molar-refractivity contribution in [1.29, 1.82) is 0 Å². The maximum absolute atomic E-state index is 14.1. The first-order chi connectivity index (χ1) is 20.7. The number of benzene rings is 2. The highest BCUT2D eigenvalue weighted by Crippen LogP contribution is 2.37. The highest BCUT2D eigenvalue weighted by molar-refractivity contribution is 5.90. The second-order valence-corrected chi connectivity index (χ2v) is 11.1. The molecule has 2 N–H and O–H groups in total. The predicted molar refractivity (Wildman–Crippen MR) is 159 cm³/mol. The Bertz CT molecular complexity index is 1610. The number of likely N-dealkylation sites (N-methyl/N-ethyl adjacent to an activating group) is 1. The molecule has 2 aliphatic rings. The molecule has 11 heteroatoms. The van der Waals surface area contributed by atoms with E-state index in [9.17, 15) is 18.0 Å². The summed E-state index contributed by atoms with van der Waals surface area (Å²) in [5, 5.41) is 3.66. The number of halogens is 3. The number of anilines is 1. The number of nitrogens with zero attached hydrogens (tertiary/aromatic N) is 4. The molecule has 2 aromatic heterocycles. The number of ether oxygens (including phenoxy) is 1. The zero-order valence-electron chi connectivity index (χ0n) is 24.2. The lowest BCUT2D eigenvalue weighted by molar-refractivity contribution is -0.138. The van der Waals surface area contributed by atoms with Crippen LogP contribution in [0.4, 0.5) is 23.7 Å². The Morgan fingerprint density at radius 1 is 1.07 bits per heavy atom. The third-order valence-electron chi connectivity index (χ3n) is 8.50. The molecule has 1 unspecified atom stereocenters. The number of hydrogen-bond acceptors (Lipinski definition) is 5. The van der Waals surface area contributed by atoms with Crippen molar-refractivity contribution in [3.8, 4) is 11.5 Å². The third kappa shape index (κ3) is 6.18. The first-order valence-corrected chi connectivity index (χ1v) is 14.6. The smallest absolute Gasteiger partial charge is 0.416 e. The fourth-order valence-electron chi connectivity index (χ4n) is 6.01. The van der Waals surface area contributed by atoms with Crippen LogP contribution in [0.15, 0.2) is 60.9 Å². The van der Waals surface area contributed by atoms with Gasteiger partial charge in [0, 0.05) is 74.2 Å². The van der Waals surface area contributed by atoms with Gasteiger partial charge in [0.15, 0.2) is 0 Å². The highest BCUT2D eigenvalue weighted by Gasteiger charge is 2.35. The molecular formula is C32H35F3N6O2. The van der Waals surface area contributed by atoms with Gasteiger partial charge in [-0.15, -0.1) is 0 Å². The Balaban J connectivity index is 1.16. The van der Waals surface area contributed by atoms with Gasteiger partial charge in [0.05, 0.1) is 17.8 Å². The van der Waals surface area contributed by atoms with Crippen LogP contribution in [0, 0.1) is 0 Å². The topological polar surface area (TPSA) is 76.7 Å². The van der Waals surface area contributed by atoms with E-state index in [0.717, 1.165) is 61.0 Å². The number of piperazine rings is 1. The fourth-order valence-corrected chi connectivity index (χ4v) is 6.01. The Labute approximate surface area is 248 Å². The van der Waals surface area contributed by atoms with E-state index in [0.29, 0.717) is 24.5 Å². The SMILES string of the molecule is CCN1CCN(Cc2ccc(NC(=O)N3CCc4ncc(Oc5cccc6[nH]ccc56)cc4C3C)cc2C(F)(F)F)CC1. The van der Waals surface area contributed by atoms with Gasteiger partial charge in [-0.05, 0) is 61.0 Å². The molecule has 8 nitrogen and oxygen atoms in total. The Hall–Kier alpha value is -4.09. The average molecular weight is 593 g/mol. The molecule has 6 rings (SSSR count). The number of urea groups is 1. The number of carbonyl (C=O) groups excluding carboxylic acids is 1. The van der Waals surface area contributed by atoms with E-state index in [1.54, 1.807) is 17.2 Å². The van der Waals surface area contributed by atoms with E-state index in [-0.39, 0.29) is 23.8 Å². The number of aromatic nitrogens is 2. The van der Waals surface area contributed by atoms with E-state index < -0.39 is 17.8 Å². The van der Waals surface area contributed by atoms with E-state index in [1.807, 2.05) is 48.4 Å². The monoisotopic (exact) mass is 592 g/mol. The Morgan fingerprint density at radius 2 is 1.86 bits per heavy atom. The standard InChI is InChI=1S/C32H35F3N6O2/c1-3-39-13-15-40(16-14-39)20-22-7-8-23(17-27(22)32(33,34)35)38-31(42)41-12-10-29-26(21(41)2)18-24(19-37-29)43-30-6-4-5-28-25(30)9-11-36-28/h4-9,11,17-19,21,36H,3,10,12-16,20H2,1-2H3,(H,38,42). The molecule has 0 bridgehead atoms. The molecule has 226 valence electrons. The number of aromatic amines is 1. The van der Waals surface area contributed by atoms with Crippen LogP contribution < -0.4 is 10.1 Å². The van der Waals surface area contributed by atoms with Gasteiger partial charge in [0.2, 0.25) is 0 Å². The second-order valence-electron chi connectivity index (χ2n) is 11.1. The average Bonchev–Trinajstić information content (AvgIpc) is 3.48. The lowest BCUT2D eigenvalue weighted by Crippen LogP contribution is -2.45. The van der Waals surface area contributed by atoms with Crippen molar-refractivity contribution in [1.82, 2.24) is 24.7 Å². The summed E-state index contributed by atoms with van der Waals surface area (Å²) in [6.07, 6.45) is -0.484. The summed E-state index contributed by atoms with van der Waals surface area (Å²) in [4.78, 5) is 27.1. The second kappa shape index (κ2) is 11.9. The van der Waals surface area contributed by atoms with Gasteiger partial charge in [-0.2, -0.15) is 13.2 Å². The number of alkyl halides is 3. The van der Waals surface area contributed by atoms with Crippen LogP contribution >= 0.6 is 0 Å². The molecule has 2 amide bonds. The van der Waals surface area contributed by atoms with E-state index in [1.165, 1.54) is 6.07 Å². The molecular weight excluding hydrogens is 557 g/mol. The van der Waals surface area contributed by atoms with Crippen LogP contribution in [0.1, 0.15) is 42.3 Å². The summed E-state index contributed by atoms with van der Waals surface area (Å²) in [7, 11) is 0. The predicted octanol–water partition coefficient (Wildman–Crippen LogP) is 6.66. The molecule has 43 heavy (non-hydrogen) atoms. The largest absolute Gasteiger partial charge is 0.455 e. The lowest BCUT2D eigenvalue weighted by Gasteiger charge is -2.35. The molecule has 4 aromatic rings. The van der Waals surface area contributed by atoms with E-state index in [2.05, 4.69) is 27.1 Å². The number of pyridine rings is 1. The minimum atomic E-state index is -4.54. The normalized spacial score (nSPS) is 18.1. The number of carbonyl (C=O) groups is 1. The van der Waals surface area contributed by atoms with Gasteiger partial charge < -0.3 is 24.8 Å². The van der Waals surface area contributed by atoms with Crippen molar-refractivity contribution >= 4 is 22.6 Å². The van der Waals surface area contributed by atoms with Crippen LogP contribution in [-0.2, 0) is 19.1 Å². The van der Waals surface area contributed by atoms with E-state index in [4.69, 9.17) is 4.74 Å². The number of H-pyrrole nitrogens is 1. The molecule has 1 atom stereocenters. The van der Waals surface area contributed by atoms with Crippen molar-refractivity contribution in [3.05, 3.63) is 83.3 Å². The summed E-state index contributed by atoms with van der Waals surface area (Å²) < 4.78 is 48.5. The van der Waals surface area contributed by atoms with Crippen molar-refractivity contribution in [2.45, 2.75) is 39.0 Å². The molecule has 2 aromatic carbocycles. The summed E-state index contributed by atoms with van der Waals surface area (Å²) in [6, 6.07) is 12.8. The number of hydrogen-bond donors (Lipinski definition) is 2. The van der Waals surface area contributed by atoms with Crippen LogP contribution in [0.25, 0.3) is 10.9 Å². The molecule has 1 fully saturated rings. The Morgan fingerprint density at radius 3 is 2.63 bits per heavy atom. The Kier molecular flexibility index (Phi) is 8.02. The number of nitrogens with one attached hydrogen (secondary N) is 2. The van der Waals surface area contributed by atoms with Gasteiger partial charge in [0.25, 0.3) is 0 Å². The van der Waals surface area contributed by atoms with Gasteiger partial charge in [-0.1, -0.05) is 19.1 Å². The number of rotatable bonds is 6. The maximum Gasteiger partial charge on any atom is 0.416 e. The summed E-state index contributed by atoms with van der Waals surface area (Å²) in [6.45, 7) is 8.66. The minimum Gasteiger partial charge on any atom is -0.455 e. The number of amides is 2. The molecule has 0 saturated carbocycles. The summed E-state index contributed by atoms with van der Waals surface area (Å²) in [5.41, 5.74) is 2.27. The number of fused-ring (bicyclic) bond motifs is 2. The third-order valence-corrected chi connectivity index (χ3v) is 8.50. The van der Waals surface area contributed by atoms with Gasteiger partial charge in [0.1, 0.15) is 11.5 Å². The fraction of sp³-hybridized carbons (Fsp3) is 0.375.